The van der Waals surface area contributed by atoms with Crippen LogP contribution in [-0.4, -0.2) is 54.6 Å². The number of amides is 2. The SMILES string of the molecule is CCOc1cc(CCN(CCC(=O)O)C(=O)c2ccccc2-c2ccccc2C(=O)NCc2cccs2)ccc1OC. The number of aliphatic carboxylic acids is 1. The monoisotopic (exact) mass is 586 g/mol. The molecule has 42 heavy (non-hydrogen) atoms. The largest absolute Gasteiger partial charge is 0.493 e. The predicted octanol–water partition coefficient (Wildman–Crippen LogP) is 5.91. The minimum atomic E-state index is -0.989. The van der Waals surface area contributed by atoms with Crippen LogP contribution in [0.15, 0.2) is 84.2 Å². The number of rotatable bonds is 14. The second kappa shape index (κ2) is 14.8. The summed E-state index contributed by atoms with van der Waals surface area (Å²) in [5.74, 6) is -0.309. The molecule has 8 nitrogen and oxygen atoms in total. The van der Waals surface area contributed by atoms with E-state index in [1.165, 1.54) is 0 Å². The van der Waals surface area contributed by atoms with Crippen molar-refractivity contribution in [1.29, 1.82) is 0 Å². The van der Waals surface area contributed by atoms with Crippen LogP contribution in [0, 0.1) is 0 Å². The van der Waals surface area contributed by atoms with Crippen LogP contribution in [0.2, 0.25) is 0 Å². The molecule has 3 aromatic carbocycles. The molecule has 2 N–H and O–H groups in total. The van der Waals surface area contributed by atoms with Gasteiger partial charge in [-0.25, -0.2) is 0 Å². The van der Waals surface area contributed by atoms with E-state index in [1.54, 1.807) is 47.6 Å². The van der Waals surface area contributed by atoms with Crippen molar-refractivity contribution in [2.75, 3.05) is 26.8 Å². The molecule has 0 aliphatic heterocycles. The molecular formula is C33H34N2O6S. The highest BCUT2D eigenvalue weighted by Gasteiger charge is 2.23. The fourth-order valence-corrected chi connectivity index (χ4v) is 5.27. The van der Waals surface area contributed by atoms with Gasteiger partial charge in [-0.3, -0.25) is 14.4 Å². The Morgan fingerprint density at radius 3 is 2.26 bits per heavy atom. The summed E-state index contributed by atoms with van der Waals surface area (Å²) >= 11 is 1.56. The molecule has 0 saturated heterocycles. The van der Waals surface area contributed by atoms with Gasteiger partial charge in [0.1, 0.15) is 0 Å². The standard InChI is InChI=1S/C33H34N2O6S/c1-3-41-30-21-23(14-15-29(30)40-2)16-18-35(19-17-31(36)37)33(39)28-13-7-5-11-26(28)25-10-4-6-12-27(25)32(38)34-22-24-9-8-20-42-24/h4-15,20-21H,3,16-19,22H2,1-2H3,(H,34,38)(H,36,37). The Labute approximate surface area is 249 Å². The second-order valence-electron chi connectivity index (χ2n) is 9.46. The van der Waals surface area contributed by atoms with E-state index in [0.29, 0.717) is 59.9 Å². The van der Waals surface area contributed by atoms with Crippen LogP contribution in [0.1, 0.15) is 44.5 Å². The number of carbonyl (C=O) groups is 3. The first-order chi connectivity index (χ1) is 20.4. The van der Waals surface area contributed by atoms with Crippen LogP contribution >= 0.6 is 11.3 Å². The summed E-state index contributed by atoms with van der Waals surface area (Å²) in [4.78, 5) is 41.3. The molecule has 4 rings (SSSR count). The highest BCUT2D eigenvalue weighted by Crippen LogP contribution is 2.30. The summed E-state index contributed by atoms with van der Waals surface area (Å²) in [6.45, 7) is 3.11. The number of hydrogen-bond acceptors (Lipinski definition) is 6. The molecule has 0 fully saturated rings. The van der Waals surface area contributed by atoms with Crippen molar-refractivity contribution in [1.82, 2.24) is 10.2 Å². The Balaban J connectivity index is 1.60. The van der Waals surface area contributed by atoms with Crippen LogP contribution in [0.4, 0.5) is 0 Å². The Morgan fingerprint density at radius 1 is 0.881 bits per heavy atom. The van der Waals surface area contributed by atoms with Gasteiger partial charge >= 0.3 is 5.97 Å². The van der Waals surface area contributed by atoms with Gasteiger partial charge in [0.25, 0.3) is 11.8 Å². The van der Waals surface area contributed by atoms with E-state index in [9.17, 15) is 19.5 Å². The minimum Gasteiger partial charge on any atom is -0.493 e. The Morgan fingerprint density at radius 2 is 1.60 bits per heavy atom. The van der Waals surface area contributed by atoms with Gasteiger partial charge in [0.15, 0.2) is 11.5 Å². The third-order valence-corrected chi connectivity index (χ3v) is 7.58. The molecule has 1 heterocycles. The number of nitrogens with zero attached hydrogens (tertiary/aromatic N) is 1. The van der Waals surface area contributed by atoms with Gasteiger partial charge in [0, 0.05) is 29.1 Å². The van der Waals surface area contributed by atoms with Crippen molar-refractivity contribution in [2.24, 2.45) is 0 Å². The third-order valence-electron chi connectivity index (χ3n) is 6.70. The quantitative estimate of drug-likeness (QED) is 0.190. The number of carboxylic acid groups (broad SMARTS) is 1. The van der Waals surface area contributed by atoms with Gasteiger partial charge < -0.3 is 24.8 Å². The van der Waals surface area contributed by atoms with Crippen molar-refractivity contribution in [3.05, 3.63) is 106 Å². The zero-order valence-electron chi connectivity index (χ0n) is 23.7. The maximum atomic E-state index is 14.0. The highest BCUT2D eigenvalue weighted by atomic mass is 32.1. The molecule has 0 unspecified atom stereocenters. The zero-order valence-corrected chi connectivity index (χ0v) is 24.5. The van der Waals surface area contributed by atoms with Crippen LogP contribution < -0.4 is 14.8 Å². The fraction of sp³-hybridized carbons (Fsp3) is 0.242. The molecule has 0 aliphatic rings. The van der Waals surface area contributed by atoms with Crippen molar-refractivity contribution in [3.63, 3.8) is 0 Å². The van der Waals surface area contributed by atoms with E-state index < -0.39 is 5.97 Å². The van der Waals surface area contributed by atoms with E-state index >= 15 is 0 Å². The molecule has 0 atom stereocenters. The van der Waals surface area contributed by atoms with Crippen LogP contribution in [0.5, 0.6) is 11.5 Å². The molecule has 0 aliphatic carbocycles. The fourth-order valence-electron chi connectivity index (χ4n) is 4.62. The summed E-state index contributed by atoms with van der Waals surface area (Å²) in [5.41, 5.74) is 3.00. The van der Waals surface area contributed by atoms with E-state index in [-0.39, 0.29) is 24.8 Å². The predicted molar refractivity (Wildman–Crippen MR) is 163 cm³/mol. The number of nitrogens with one attached hydrogen (secondary N) is 1. The smallest absolute Gasteiger partial charge is 0.305 e. The van der Waals surface area contributed by atoms with Crippen molar-refractivity contribution >= 4 is 29.1 Å². The first-order valence-electron chi connectivity index (χ1n) is 13.7. The average molecular weight is 587 g/mol. The highest BCUT2D eigenvalue weighted by molar-refractivity contribution is 7.09. The number of benzene rings is 3. The zero-order chi connectivity index (χ0) is 29.9. The molecular weight excluding hydrogens is 552 g/mol. The number of hydrogen-bond donors (Lipinski definition) is 2. The number of methoxy groups -OCH3 is 1. The number of thiophene rings is 1. The first-order valence-corrected chi connectivity index (χ1v) is 14.6. The Kier molecular flexibility index (Phi) is 10.7. The summed E-state index contributed by atoms with van der Waals surface area (Å²) in [7, 11) is 1.58. The van der Waals surface area contributed by atoms with E-state index in [0.717, 1.165) is 10.4 Å². The van der Waals surface area contributed by atoms with Crippen LogP contribution in [0.25, 0.3) is 11.1 Å². The Hall–Kier alpha value is -4.63. The average Bonchev–Trinajstić information content (AvgIpc) is 3.54. The molecule has 4 aromatic rings. The van der Waals surface area contributed by atoms with Crippen molar-refractivity contribution in [3.8, 4) is 22.6 Å². The van der Waals surface area contributed by atoms with Gasteiger partial charge in [0.05, 0.1) is 26.7 Å². The van der Waals surface area contributed by atoms with Gasteiger partial charge in [0.2, 0.25) is 0 Å². The second-order valence-corrected chi connectivity index (χ2v) is 10.5. The number of carbonyl (C=O) groups excluding carboxylic acids is 2. The minimum absolute atomic E-state index is 0.0416. The lowest BCUT2D eigenvalue weighted by Crippen LogP contribution is -2.35. The number of carboxylic acids is 1. The van der Waals surface area contributed by atoms with Crippen molar-refractivity contribution in [2.45, 2.75) is 26.3 Å². The molecule has 0 spiro atoms. The molecule has 0 radical (unpaired) electrons. The lowest BCUT2D eigenvalue weighted by Gasteiger charge is -2.24. The molecule has 0 saturated carbocycles. The summed E-state index contributed by atoms with van der Waals surface area (Å²) < 4.78 is 11.1. The lowest BCUT2D eigenvalue weighted by molar-refractivity contribution is -0.137. The molecule has 2 amide bonds. The molecule has 9 heteroatoms. The van der Waals surface area contributed by atoms with Gasteiger partial charge in [-0.15, -0.1) is 11.3 Å². The lowest BCUT2D eigenvalue weighted by atomic mass is 9.94. The third kappa shape index (κ3) is 7.76. The topological polar surface area (TPSA) is 105 Å². The van der Waals surface area contributed by atoms with Crippen molar-refractivity contribution < 1.29 is 29.0 Å². The maximum Gasteiger partial charge on any atom is 0.305 e. The summed E-state index contributed by atoms with van der Waals surface area (Å²) in [6, 6.07) is 23.8. The molecule has 1 aromatic heterocycles. The Bertz CT molecular complexity index is 1520. The van der Waals surface area contributed by atoms with Gasteiger partial charge in [-0.2, -0.15) is 0 Å². The molecule has 0 bridgehead atoms. The summed E-state index contributed by atoms with van der Waals surface area (Å²) in [6.07, 6.45) is 0.293. The molecule has 218 valence electrons. The maximum absolute atomic E-state index is 14.0. The summed E-state index contributed by atoms with van der Waals surface area (Å²) in [5, 5.41) is 14.3. The van der Waals surface area contributed by atoms with E-state index in [4.69, 9.17) is 9.47 Å². The first kappa shape index (κ1) is 30.3. The van der Waals surface area contributed by atoms with Crippen LogP contribution in [0.3, 0.4) is 0 Å². The number of ether oxygens (including phenoxy) is 2. The van der Waals surface area contributed by atoms with E-state index in [2.05, 4.69) is 5.32 Å². The van der Waals surface area contributed by atoms with E-state index in [1.807, 2.05) is 66.9 Å². The normalized spacial score (nSPS) is 10.6. The van der Waals surface area contributed by atoms with Crippen LogP contribution in [-0.2, 0) is 17.8 Å². The van der Waals surface area contributed by atoms with Gasteiger partial charge in [-0.1, -0.05) is 48.5 Å². The van der Waals surface area contributed by atoms with Gasteiger partial charge in [-0.05, 0) is 65.7 Å².